The van der Waals surface area contributed by atoms with Crippen LogP contribution in [0.1, 0.15) is 24.5 Å². The molecule has 0 spiro atoms. The first-order chi connectivity index (χ1) is 16.7. The van der Waals surface area contributed by atoms with Crippen LogP contribution in [0.5, 0.6) is 5.95 Å². The maximum absolute atomic E-state index is 12.5. The molecule has 2 aromatic heterocycles. The number of nitrogens with zero attached hydrogens (tertiary/aromatic N) is 2. The molecule has 35 heavy (non-hydrogen) atoms. The molecule has 3 aromatic rings. The molecule has 1 aliphatic heterocycles. The Hall–Kier alpha value is -3.96. The number of carbonyl (C=O) groups is 2. The van der Waals surface area contributed by atoms with Gasteiger partial charge in [-0.3, -0.25) is 9.69 Å². The summed E-state index contributed by atoms with van der Waals surface area (Å²) >= 11 is 0. The molecule has 1 saturated heterocycles. The Balaban J connectivity index is 1.40. The number of alkyl halides is 3. The number of furan rings is 1. The van der Waals surface area contributed by atoms with Gasteiger partial charge in [0.15, 0.2) is 5.76 Å². The molecule has 0 bridgehead atoms. The van der Waals surface area contributed by atoms with Crippen LogP contribution in [-0.4, -0.2) is 42.7 Å². The van der Waals surface area contributed by atoms with E-state index < -0.39 is 24.5 Å². The highest BCUT2D eigenvalue weighted by Crippen LogP contribution is 2.41. The van der Waals surface area contributed by atoms with Crippen LogP contribution >= 0.6 is 0 Å². The van der Waals surface area contributed by atoms with Crippen LogP contribution in [-0.2, 0) is 22.4 Å². The summed E-state index contributed by atoms with van der Waals surface area (Å²) in [6.45, 7) is 1.93. The third kappa shape index (κ3) is 4.68. The van der Waals surface area contributed by atoms with Crippen molar-refractivity contribution < 1.29 is 41.2 Å². The summed E-state index contributed by atoms with van der Waals surface area (Å²) in [5.41, 5.74) is 3.85. The molecule has 1 unspecified atom stereocenters. The van der Waals surface area contributed by atoms with Gasteiger partial charge in [0.2, 0.25) is 5.91 Å². The van der Waals surface area contributed by atoms with Gasteiger partial charge in [0.1, 0.15) is 18.1 Å². The molecule has 184 valence electrons. The lowest BCUT2D eigenvalue weighted by Gasteiger charge is -2.15. The predicted molar refractivity (Wildman–Crippen MR) is 115 cm³/mol. The van der Waals surface area contributed by atoms with Crippen molar-refractivity contribution in [1.82, 2.24) is 10.5 Å². The Morgan fingerprint density at radius 1 is 1.29 bits per heavy atom. The summed E-state index contributed by atoms with van der Waals surface area (Å²) in [6.07, 6.45) is -2.65. The summed E-state index contributed by atoms with van der Waals surface area (Å²) < 4.78 is 57.1. The van der Waals surface area contributed by atoms with E-state index in [0.29, 0.717) is 42.1 Å². The first-order valence-corrected chi connectivity index (χ1v) is 10.9. The van der Waals surface area contributed by atoms with Crippen molar-refractivity contribution in [1.29, 1.82) is 0 Å². The van der Waals surface area contributed by atoms with E-state index in [1.54, 1.807) is 6.07 Å². The molecule has 9 nitrogen and oxygen atoms in total. The number of ether oxygens (including phenoxy) is 2. The largest absolute Gasteiger partial charge is 0.575 e. The van der Waals surface area contributed by atoms with Gasteiger partial charge < -0.3 is 23.7 Å². The van der Waals surface area contributed by atoms with Crippen LogP contribution in [0, 0.1) is 0 Å². The van der Waals surface area contributed by atoms with Crippen LogP contribution < -0.4 is 15.0 Å². The molecular weight excluding hydrogens is 471 g/mol. The van der Waals surface area contributed by atoms with Crippen molar-refractivity contribution in [3.63, 3.8) is 0 Å². The highest BCUT2D eigenvalue weighted by Gasteiger charge is 2.34. The van der Waals surface area contributed by atoms with Crippen molar-refractivity contribution in [3.05, 3.63) is 41.7 Å². The molecule has 0 saturated carbocycles. The van der Waals surface area contributed by atoms with E-state index in [0.717, 1.165) is 35.4 Å². The normalized spacial score (nSPS) is 17.4. The van der Waals surface area contributed by atoms with Gasteiger partial charge >= 0.3 is 12.5 Å². The number of hydrogen-bond acceptors (Lipinski definition) is 7. The van der Waals surface area contributed by atoms with Crippen molar-refractivity contribution >= 4 is 17.7 Å². The number of nitrogens with one attached hydrogen (secondary N) is 1. The number of aromatic nitrogens is 1. The van der Waals surface area contributed by atoms with Crippen molar-refractivity contribution in [3.8, 4) is 28.5 Å². The van der Waals surface area contributed by atoms with Gasteiger partial charge in [-0.05, 0) is 43.0 Å². The fraction of sp³-hybridized carbons (Fsp3) is 0.348. The maximum atomic E-state index is 12.5. The number of anilines is 1. The molecule has 2 amide bonds. The number of benzene rings is 1. The monoisotopic (exact) mass is 491 g/mol. The molecule has 1 atom stereocenters. The van der Waals surface area contributed by atoms with Crippen LogP contribution in [0.25, 0.3) is 22.6 Å². The van der Waals surface area contributed by atoms with Gasteiger partial charge in [0.05, 0.1) is 13.1 Å². The van der Waals surface area contributed by atoms with Gasteiger partial charge in [0, 0.05) is 35.4 Å². The third-order valence-electron chi connectivity index (χ3n) is 5.82. The number of hydrogen-bond donors (Lipinski definition) is 1. The first-order valence-electron chi connectivity index (χ1n) is 10.9. The molecule has 3 heterocycles. The Kier molecular flexibility index (Phi) is 5.65. The van der Waals surface area contributed by atoms with Gasteiger partial charge in [-0.15, -0.1) is 13.2 Å². The second kappa shape index (κ2) is 8.67. The Morgan fingerprint density at radius 2 is 2.11 bits per heavy atom. The van der Waals surface area contributed by atoms with E-state index in [-0.39, 0.29) is 12.5 Å². The molecular formula is C23H20F3N3O6. The summed E-state index contributed by atoms with van der Waals surface area (Å²) in [6, 6.07) is 6.61. The molecule has 0 radical (unpaired) electrons. The average Bonchev–Trinajstić information content (AvgIpc) is 3.47. The molecule has 1 N–H and O–H groups in total. The van der Waals surface area contributed by atoms with Crippen LogP contribution in [0.3, 0.4) is 0 Å². The second-order valence-corrected chi connectivity index (χ2v) is 8.29. The summed E-state index contributed by atoms with van der Waals surface area (Å²) in [4.78, 5) is 25.0. The highest BCUT2D eigenvalue weighted by atomic mass is 19.4. The highest BCUT2D eigenvalue weighted by molar-refractivity contribution is 5.90. The number of cyclic esters (lactones) is 1. The lowest BCUT2D eigenvalue weighted by Crippen LogP contribution is -2.33. The lowest BCUT2D eigenvalue weighted by molar-refractivity contribution is -0.280. The summed E-state index contributed by atoms with van der Waals surface area (Å²) in [5.74, 6) is -0.366. The van der Waals surface area contributed by atoms with Gasteiger partial charge in [-0.1, -0.05) is 5.16 Å². The Morgan fingerprint density at radius 3 is 2.89 bits per heavy atom. The van der Waals surface area contributed by atoms with E-state index in [1.165, 1.54) is 11.8 Å². The minimum Gasteiger partial charge on any atom is -0.442 e. The minimum absolute atomic E-state index is 0.203. The zero-order valence-electron chi connectivity index (χ0n) is 18.5. The molecule has 1 aliphatic carbocycles. The van der Waals surface area contributed by atoms with Crippen molar-refractivity contribution in [2.45, 2.75) is 38.7 Å². The second-order valence-electron chi connectivity index (χ2n) is 8.29. The molecule has 2 aliphatic rings. The summed E-state index contributed by atoms with van der Waals surface area (Å²) in [5, 5.41) is 6.73. The van der Waals surface area contributed by atoms with Crippen LogP contribution in [0.15, 0.2) is 39.5 Å². The standard InChI is InChI=1S/C23H20F3N3O6/c1-12(30)27-9-16-10-29(22(31)33-16)15-5-6-17-13(7-15)3-2-4-18-20(28-35-21(17)18)14-8-19(32-11-14)34-23(24,25)26/h5-8,11,16H,2-4,9-10H2,1H3,(H,27,30). The summed E-state index contributed by atoms with van der Waals surface area (Å²) in [7, 11) is 0. The molecule has 1 aromatic carbocycles. The quantitative estimate of drug-likeness (QED) is 0.562. The lowest BCUT2D eigenvalue weighted by atomic mass is 10.0. The molecule has 12 heteroatoms. The van der Waals surface area contributed by atoms with E-state index in [4.69, 9.17) is 13.7 Å². The van der Waals surface area contributed by atoms with Crippen LogP contribution in [0.2, 0.25) is 0 Å². The maximum Gasteiger partial charge on any atom is 0.575 e. The smallest absolute Gasteiger partial charge is 0.442 e. The number of rotatable bonds is 5. The zero-order valence-corrected chi connectivity index (χ0v) is 18.5. The van der Waals surface area contributed by atoms with Crippen molar-refractivity contribution in [2.24, 2.45) is 0 Å². The number of amides is 2. The Labute approximate surface area is 196 Å². The van der Waals surface area contributed by atoms with Gasteiger partial charge in [0.25, 0.3) is 5.95 Å². The van der Waals surface area contributed by atoms with E-state index in [9.17, 15) is 22.8 Å². The predicted octanol–water partition coefficient (Wildman–Crippen LogP) is 4.45. The molecule has 5 rings (SSSR count). The van der Waals surface area contributed by atoms with Gasteiger partial charge in [-0.25, -0.2) is 4.79 Å². The number of aryl methyl sites for hydroxylation is 1. The minimum atomic E-state index is -4.86. The number of fused-ring (bicyclic) bond motifs is 3. The zero-order chi connectivity index (χ0) is 24.7. The average molecular weight is 491 g/mol. The SMILES string of the molecule is CC(=O)NCC1CN(c2ccc3c(c2)CCCc2c(-c4coc(OC(F)(F)F)c4)noc2-3)C(=O)O1. The van der Waals surface area contributed by atoms with E-state index in [1.807, 2.05) is 12.1 Å². The fourth-order valence-corrected chi connectivity index (χ4v) is 4.32. The van der Waals surface area contributed by atoms with E-state index in [2.05, 4.69) is 15.2 Å². The third-order valence-corrected chi connectivity index (χ3v) is 5.82. The number of halogens is 3. The van der Waals surface area contributed by atoms with Crippen LogP contribution in [0.4, 0.5) is 23.7 Å². The first kappa shape index (κ1) is 22.8. The fourth-order valence-electron chi connectivity index (χ4n) is 4.32. The van der Waals surface area contributed by atoms with Crippen molar-refractivity contribution in [2.75, 3.05) is 18.0 Å². The molecule has 1 fully saturated rings. The topological polar surface area (TPSA) is 107 Å². The Bertz CT molecular complexity index is 1280. The van der Waals surface area contributed by atoms with Gasteiger partial charge in [-0.2, -0.15) is 0 Å². The number of carbonyl (C=O) groups excluding carboxylic acids is 2. The van der Waals surface area contributed by atoms with E-state index >= 15 is 0 Å².